The van der Waals surface area contributed by atoms with Crippen LogP contribution >= 0.6 is 0 Å². The molecule has 0 aliphatic carbocycles. The van der Waals surface area contributed by atoms with Crippen LogP contribution in [0, 0.1) is 19.7 Å². The number of carbonyl (C=O) groups excluding carboxylic acids is 1. The largest absolute Gasteiger partial charge is 0.306 e. The molecule has 0 spiro atoms. The van der Waals surface area contributed by atoms with Gasteiger partial charge in [0.05, 0.1) is 22.9 Å². The highest BCUT2D eigenvalue weighted by Gasteiger charge is 2.29. The van der Waals surface area contributed by atoms with Crippen LogP contribution in [-0.4, -0.2) is 19.9 Å². The number of aryl methyl sites for hydroxylation is 1. The summed E-state index contributed by atoms with van der Waals surface area (Å²) in [6, 6.07) is 11.4. The van der Waals surface area contributed by atoms with Gasteiger partial charge in [-0.05, 0) is 49.2 Å². The van der Waals surface area contributed by atoms with Crippen molar-refractivity contribution in [3.63, 3.8) is 0 Å². The number of aromatic nitrogens is 2. The molecule has 1 N–H and O–H groups in total. The van der Waals surface area contributed by atoms with Gasteiger partial charge in [0, 0.05) is 21.9 Å². The number of nitrogens with zero attached hydrogens (tertiary/aromatic N) is 2. The van der Waals surface area contributed by atoms with E-state index in [1.807, 2.05) is 32.0 Å². The molecular formula is C20H18FN3O2S. The molecule has 1 atom stereocenters. The van der Waals surface area contributed by atoms with Crippen LogP contribution < -0.4 is 5.32 Å². The normalized spacial score (nSPS) is 15.6. The third-order valence-electron chi connectivity index (χ3n) is 4.79. The molecule has 7 heteroatoms. The van der Waals surface area contributed by atoms with Gasteiger partial charge in [-0.2, -0.15) is 5.10 Å². The predicted octanol–water partition coefficient (Wildman–Crippen LogP) is 3.64. The average Bonchev–Trinajstić information content (AvgIpc) is 3.14. The van der Waals surface area contributed by atoms with Gasteiger partial charge in [-0.1, -0.05) is 18.2 Å². The summed E-state index contributed by atoms with van der Waals surface area (Å²) < 4.78 is 27.2. The van der Waals surface area contributed by atoms with Crippen molar-refractivity contribution >= 4 is 22.5 Å². The molecule has 2 aromatic carbocycles. The van der Waals surface area contributed by atoms with Gasteiger partial charge in [0.1, 0.15) is 11.6 Å². The number of nitrogens with one attached hydrogen (secondary N) is 1. The van der Waals surface area contributed by atoms with E-state index in [4.69, 9.17) is 0 Å². The molecule has 0 radical (unpaired) electrons. The Hall–Kier alpha value is -2.80. The lowest BCUT2D eigenvalue weighted by Gasteiger charge is -2.14. The zero-order chi connectivity index (χ0) is 19.1. The number of fused-ring (bicyclic) bond motifs is 1. The number of anilines is 1. The van der Waals surface area contributed by atoms with Crippen LogP contribution in [0.15, 0.2) is 42.5 Å². The molecule has 3 aromatic rings. The molecule has 0 fully saturated rings. The number of amides is 1. The Morgan fingerprint density at radius 1 is 1.19 bits per heavy atom. The monoisotopic (exact) mass is 383 g/mol. The molecule has 4 rings (SSSR count). The first kappa shape index (κ1) is 17.6. The van der Waals surface area contributed by atoms with E-state index in [0.29, 0.717) is 17.3 Å². The fraction of sp³-hybridized carbons (Fsp3) is 0.200. The SMILES string of the molecule is Cc1cccc(-n2nc3c(c2NC(=O)c2cccc(F)c2)CS(=O)C3)c1C. The van der Waals surface area contributed by atoms with Crippen LogP contribution in [0.2, 0.25) is 0 Å². The number of hydrogen-bond acceptors (Lipinski definition) is 3. The maximum absolute atomic E-state index is 13.5. The lowest BCUT2D eigenvalue weighted by molar-refractivity contribution is 0.102. The van der Waals surface area contributed by atoms with Gasteiger partial charge in [0.15, 0.2) is 0 Å². The highest BCUT2D eigenvalue weighted by atomic mass is 32.2. The van der Waals surface area contributed by atoms with Crippen LogP contribution in [0.1, 0.15) is 32.7 Å². The number of rotatable bonds is 3. The summed E-state index contributed by atoms with van der Waals surface area (Å²) in [5.41, 5.74) is 4.72. The molecule has 1 aromatic heterocycles. The fourth-order valence-corrected chi connectivity index (χ4v) is 4.47. The lowest BCUT2D eigenvalue weighted by Crippen LogP contribution is -2.17. The molecule has 2 heterocycles. The van der Waals surface area contributed by atoms with Gasteiger partial charge in [-0.25, -0.2) is 9.07 Å². The van der Waals surface area contributed by atoms with E-state index in [-0.39, 0.29) is 5.56 Å². The minimum Gasteiger partial charge on any atom is -0.306 e. The highest BCUT2D eigenvalue weighted by Crippen LogP contribution is 2.32. The predicted molar refractivity (Wildman–Crippen MR) is 103 cm³/mol. The van der Waals surface area contributed by atoms with Crippen molar-refractivity contribution < 1.29 is 13.4 Å². The van der Waals surface area contributed by atoms with E-state index in [0.717, 1.165) is 28.1 Å². The van der Waals surface area contributed by atoms with Gasteiger partial charge in [0.2, 0.25) is 0 Å². The summed E-state index contributed by atoms with van der Waals surface area (Å²) in [6.07, 6.45) is 0. The van der Waals surface area contributed by atoms with Crippen molar-refractivity contribution in [2.75, 3.05) is 5.32 Å². The number of halogens is 1. The summed E-state index contributed by atoms with van der Waals surface area (Å²) in [5.74, 6) is 0.312. The lowest BCUT2D eigenvalue weighted by atomic mass is 10.1. The Bertz CT molecular complexity index is 1090. The minimum atomic E-state index is -1.02. The Morgan fingerprint density at radius 2 is 1.96 bits per heavy atom. The van der Waals surface area contributed by atoms with Crippen molar-refractivity contribution in [2.24, 2.45) is 0 Å². The van der Waals surface area contributed by atoms with E-state index in [9.17, 15) is 13.4 Å². The quantitative estimate of drug-likeness (QED) is 0.751. The summed E-state index contributed by atoms with van der Waals surface area (Å²) in [6.45, 7) is 4.00. The second-order valence-corrected chi connectivity index (χ2v) is 8.05. The van der Waals surface area contributed by atoms with Crippen LogP contribution in [0.3, 0.4) is 0 Å². The molecule has 5 nitrogen and oxygen atoms in total. The Morgan fingerprint density at radius 3 is 2.74 bits per heavy atom. The zero-order valence-electron chi connectivity index (χ0n) is 15.0. The summed E-state index contributed by atoms with van der Waals surface area (Å²) in [7, 11) is -1.02. The number of hydrogen-bond donors (Lipinski definition) is 1. The molecule has 1 aliphatic heterocycles. The third kappa shape index (κ3) is 3.19. The Balaban J connectivity index is 1.80. The number of benzene rings is 2. The Kier molecular flexibility index (Phi) is 4.39. The molecule has 138 valence electrons. The van der Waals surface area contributed by atoms with E-state index in [1.165, 1.54) is 18.2 Å². The molecule has 27 heavy (non-hydrogen) atoms. The first-order chi connectivity index (χ1) is 12.9. The second-order valence-electron chi connectivity index (χ2n) is 6.60. The highest BCUT2D eigenvalue weighted by molar-refractivity contribution is 7.83. The van der Waals surface area contributed by atoms with Crippen LogP contribution in [0.25, 0.3) is 5.69 Å². The van der Waals surface area contributed by atoms with E-state index in [1.54, 1.807) is 10.7 Å². The zero-order valence-corrected chi connectivity index (χ0v) is 15.8. The van der Waals surface area contributed by atoms with Gasteiger partial charge in [0.25, 0.3) is 5.91 Å². The topological polar surface area (TPSA) is 64.0 Å². The third-order valence-corrected chi connectivity index (χ3v) is 6.00. The van der Waals surface area contributed by atoms with Crippen molar-refractivity contribution in [1.29, 1.82) is 0 Å². The molecular weight excluding hydrogens is 365 g/mol. The average molecular weight is 383 g/mol. The molecule has 1 unspecified atom stereocenters. The molecule has 1 aliphatic rings. The van der Waals surface area contributed by atoms with Crippen molar-refractivity contribution in [2.45, 2.75) is 25.4 Å². The van der Waals surface area contributed by atoms with Crippen LogP contribution in [0.4, 0.5) is 10.2 Å². The van der Waals surface area contributed by atoms with E-state index in [2.05, 4.69) is 10.4 Å². The van der Waals surface area contributed by atoms with Gasteiger partial charge < -0.3 is 5.32 Å². The van der Waals surface area contributed by atoms with E-state index >= 15 is 0 Å². The van der Waals surface area contributed by atoms with Crippen molar-refractivity contribution in [3.05, 3.63) is 76.2 Å². The maximum atomic E-state index is 13.5. The van der Waals surface area contributed by atoms with Gasteiger partial charge in [-0.3, -0.25) is 9.00 Å². The van der Waals surface area contributed by atoms with Crippen LogP contribution in [0.5, 0.6) is 0 Å². The smallest absolute Gasteiger partial charge is 0.256 e. The van der Waals surface area contributed by atoms with Crippen LogP contribution in [-0.2, 0) is 22.3 Å². The minimum absolute atomic E-state index is 0.219. The summed E-state index contributed by atoms with van der Waals surface area (Å²) in [4.78, 5) is 12.7. The maximum Gasteiger partial charge on any atom is 0.256 e. The first-order valence-corrected chi connectivity index (χ1v) is 10.0. The summed E-state index contributed by atoms with van der Waals surface area (Å²) in [5, 5.41) is 7.47. The molecule has 0 saturated heterocycles. The van der Waals surface area contributed by atoms with Crippen molar-refractivity contribution in [3.8, 4) is 5.69 Å². The van der Waals surface area contributed by atoms with Gasteiger partial charge >= 0.3 is 0 Å². The Labute approximate surface area is 158 Å². The van der Waals surface area contributed by atoms with Gasteiger partial charge in [-0.15, -0.1) is 0 Å². The molecule has 1 amide bonds. The summed E-state index contributed by atoms with van der Waals surface area (Å²) >= 11 is 0. The first-order valence-electron chi connectivity index (χ1n) is 8.53. The number of carbonyl (C=O) groups is 1. The second kappa shape index (κ2) is 6.74. The molecule has 0 bridgehead atoms. The fourth-order valence-electron chi connectivity index (χ4n) is 3.20. The molecule has 0 saturated carbocycles. The van der Waals surface area contributed by atoms with Crippen molar-refractivity contribution in [1.82, 2.24) is 9.78 Å². The standard InChI is InChI=1S/C20H18FN3O2S/c1-12-5-3-8-18(13(12)2)24-19(16-10-27(26)11-17(16)23-24)22-20(25)14-6-4-7-15(21)9-14/h3-9H,10-11H2,1-2H3,(H,22,25). The van der Waals surface area contributed by atoms with E-state index < -0.39 is 22.5 Å².